The number of halogens is 1. The summed E-state index contributed by atoms with van der Waals surface area (Å²) in [6.07, 6.45) is 0. The molecular formula is C13H12FNO2S. The van der Waals surface area contributed by atoms with Crippen molar-refractivity contribution in [3.05, 3.63) is 57.5 Å². The minimum atomic E-state index is -1.05. The van der Waals surface area contributed by atoms with Gasteiger partial charge in [-0.3, -0.25) is 0 Å². The van der Waals surface area contributed by atoms with Crippen LogP contribution in [0.1, 0.15) is 21.5 Å². The molecule has 2 rings (SSSR count). The lowest BCUT2D eigenvalue weighted by atomic mass is 10.1. The maximum atomic E-state index is 13.5. The van der Waals surface area contributed by atoms with Crippen molar-refractivity contribution in [1.29, 1.82) is 0 Å². The van der Waals surface area contributed by atoms with Gasteiger partial charge in [0, 0.05) is 18.7 Å². The molecule has 2 N–H and O–H groups in total. The van der Waals surface area contributed by atoms with E-state index in [1.807, 2.05) is 16.8 Å². The second kappa shape index (κ2) is 5.75. The van der Waals surface area contributed by atoms with Gasteiger partial charge in [0.05, 0.1) is 5.56 Å². The van der Waals surface area contributed by atoms with Crippen LogP contribution in [-0.2, 0) is 13.1 Å². The molecule has 3 nitrogen and oxygen atoms in total. The molecule has 94 valence electrons. The molecule has 1 heterocycles. The van der Waals surface area contributed by atoms with E-state index in [2.05, 4.69) is 5.32 Å². The van der Waals surface area contributed by atoms with Crippen molar-refractivity contribution in [2.24, 2.45) is 0 Å². The molecule has 0 aliphatic heterocycles. The fraction of sp³-hybridized carbons (Fsp3) is 0.154. The van der Waals surface area contributed by atoms with Gasteiger partial charge in [-0.25, -0.2) is 9.18 Å². The van der Waals surface area contributed by atoms with Crippen LogP contribution in [-0.4, -0.2) is 11.1 Å². The fourth-order valence-corrected chi connectivity index (χ4v) is 2.25. The molecule has 1 aromatic carbocycles. The molecule has 0 atom stereocenters. The number of thiophene rings is 1. The third-order valence-electron chi connectivity index (χ3n) is 2.52. The maximum Gasteiger partial charge on any atom is 0.335 e. The number of benzene rings is 1. The molecule has 5 heteroatoms. The zero-order valence-electron chi connectivity index (χ0n) is 9.52. The van der Waals surface area contributed by atoms with Crippen LogP contribution in [0.4, 0.5) is 4.39 Å². The molecule has 18 heavy (non-hydrogen) atoms. The molecule has 0 bridgehead atoms. The van der Waals surface area contributed by atoms with Crippen LogP contribution in [0.2, 0.25) is 0 Å². The Morgan fingerprint density at radius 3 is 2.83 bits per heavy atom. The van der Waals surface area contributed by atoms with Gasteiger partial charge in [0.15, 0.2) is 0 Å². The van der Waals surface area contributed by atoms with Crippen LogP contribution in [0.25, 0.3) is 0 Å². The Kier molecular flexibility index (Phi) is 4.07. The average molecular weight is 265 g/mol. The van der Waals surface area contributed by atoms with E-state index in [4.69, 9.17) is 5.11 Å². The molecule has 0 saturated heterocycles. The average Bonchev–Trinajstić information content (AvgIpc) is 2.84. The van der Waals surface area contributed by atoms with Crippen molar-refractivity contribution in [2.45, 2.75) is 13.1 Å². The van der Waals surface area contributed by atoms with Crippen LogP contribution < -0.4 is 5.32 Å². The number of nitrogens with one attached hydrogen (secondary N) is 1. The van der Waals surface area contributed by atoms with Crippen molar-refractivity contribution >= 4 is 17.3 Å². The topological polar surface area (TPSA) is 49.3 Å². The van der Waals surface area contributed by atoms with Crippen molar-refractivity contribution < 1.29 is 14.3 Å². The number of hydrogen-bond acceptors (Lipinski definition) is 3. The first-order valence-electron chi connectivity index (χ1n) is 5.40. The fourth-order valence-electron chi connectivity index (χ4n) is 1.58. The second-order valence-corrected chi connectivity index (χ2v) is 4.63. The summed E-state index contributed by atoms with van der Waals surface area (Å²) < 4.78 is 13.5. The Balaban J connectivity index is 2.00. The summed E-state index contributed by atoms with van der Waals surface area (Å²) in [4.78, 5) is 10.8. The van der Waals surface area contributed by atoms with Gasteiger partial charge in [-0.1, -0.05) is 0 Å². The van der Waals surface area contributed by atoms with E-state index in [-0.39, 0.29) is 5.56 Å². The SMILES string of the molecule is O=C(O)c1ccc(F)c(CNCc2ccsc2)c1. The number of hydrogen-bond donors (Lipinski definition) is 2. The van der Waals surface area contributed by atoms with Gasteiger partial charge in [-0.05, 0) is 40.6 Å². The van der Waals surface area contributed by atoms with Gasteiger partial charge in [0.2, 0.25) is 0 Å². The first-order valence-corrected chi connectivity index (χ1v) is 6.34. The van der Waals surface area contributed by atoms with E-state index < -0.39 is 11.8 Å². The highest BCUT2D eigenvalue weighted by atomic mass is 32.1. The predicted octanol–water partition coefficient (Wildman–Crippen LogP) is 2.88. The molecule has 2 aromatic rings. The van der Waals surface area contributed by atoms with Gasteiger partial charge in [0.1, 0.15) is 5.82 Å². The molecule has 0 spiro atoms. The lowest BCUT2D eigenvalue weighted by Gasteiger charge is -2.06. The molecule has 0 radical (unpaired) electrons. The quantitative estimate of drug-likeness (QED) is 0.874. The maximum absolute atomic E-state index is 13.5. The van der Waals surface area contributed by atoms with Crippen molar-refractivity contribution in [1.82, 2.24) is 5.32 Å². The summed E-state index contributed by atoms with van der Waals surface area (Å²) in [5, 5.41) is 15.9. The summed E-state index contributed by atoms with van der Waals surface area (Å²) in [6, 6.07) is 5.80. The van der Waals surface area contributed by atoms with Crippen LogP contribution in [0.15, 0.2) is 35.0 Å². The second-order valence-electron chi connectivity index (χ2n) is 3.85. The van der Waals surface area contributed by atoms with E-state index in [1.54, 1.807) is 11.3 Å². The van der Waals surface area contributed by atoms with E-state index in [0.717, 1.165) is 5.56 Å². The van der Waals surface area contributed by atoms with E-state index in [0.29, 0.717) is 18.7 Å². The van der Waals surface area contributed by atoms with Gasteiger partial charge in [-0.15, -0.1) is 0 Å². The largest absolute Gasteiger partial charge is 0.478 e. The standard InChI is InChI=1S/C13H12FNO2S/c14-12-2-1-10(13(16)17)5-11(12)7-15-6-9-3-4-18-8-9/h1-5,8,15H,6-7H2,(H,16,17). The van der Waals surface area contributed by atoms with Crippen LogP contribution in [0.3, 0.4) is 0 Å². The Hall–Kier alpha value is -1.72. The lowest BCUT2D eigenvalue weighted by molar-refractivity contribution is 0.0696. The van der Waals surface area contributed by atoms with E-state index in [9.17, 15) is 9.18 Å². The number of rotatable bonds is 5. The molecular weight excluding hydrogens is 253 g/mol. The Morgan fingerprint density at radius 2 is 2.17 bits per heavy atom. The Labute approximate surface area is 108 Å². The van der Waals surface area contributed by atoms with Gasteiger partial charge in [-0.2, -0.15) is 11.3 Å². The van der Waals surface area contributed by atoms with Crippen molar-refractivity contribution in [3.8, 4) is 0 Å². The molecule has 0 unspecified atom stereocenters. The molecule has 0 saturated carbocycles. The number of carbonyl (C=O) groups is 1. The molecule has 0 aliphatic rings. The van der Waals surface area contributed by atoms with Crippen LogP contribution >= 0.6 is 11.3 Å². The smallest absolute Gasteiger partial charge is 0.335 e. The lowest BCUT2D eigenvalue weighted by Crippen LogP contribution is -2.14. The zero-order valence-corrected chi connectivity index (χ0v) is 10.3. The number of carboxylic acids is 1. The zero-order chi connectivity index (χ0) is 13.0. The number of aromatic carboxylic acids is 1. The highest BCUT2D eigenvalue weighted by Crippen LogP contribution is 2.11. The molecule has 0 aliphatic carbocycles. The van der Waals surface area contributed by atoms with Crippen LogP contribution in [0, 0.1) is 5.82 Å². The highest BCUT2D eigenvalue weighted by Gasteiger charge is 2.08. The van der Waals surface area contributed by atoms with Gasteiger partial charge < -0.3 is 10.4 Å². The number of carboxylic acid groups (broad SMARTS) is 1. The van der Waals surface area contributed by atoms with Crippen molar-refractivity contribution in [3.63, 3.8) is 0 Å². The monoisotopic (exact) mass is 265 g/mol. The summed E-state index contributed by atoms with van der Waals surface area (Å²) in [6.45, 7) is 0.947. The molecule has 0 amide bonds. The minimum absolute atomic E-state index is 0.101. The predicted molar refractivity (Wildman–Crippen MR) is 68.2 cm³/mol. The van der Waals surface area contributed by atoms with Crippen molar-refractivity contribution in [2.75, 3.05) is 0 Å². The summed E-state index contributed by atoms with van der Waals surface area (Å²) in [7, 11) is 0. The summed E-state index contributed by atoms with van der Waals surface area (Å²) in [5.41, 5.74) is 1.60. The summed E-state index contributed by atoms with van der Waals surface area (Å²) in [5.74, 6) is -1.44. The van der Waals surface area contributed by atoms with Crippen LogP contribution in [0.5, 0.6) is 0 Å². The van der Waals surface area contributed by atoms with Gasteiger partial charge in [0.25, 0.3) is 0 Å². The van der Waals surface area contributed by atoms with E-state index in [1.165, 1.54) is 18.2 Å². The Morgan fingerprint density at radius 1 is 1.33 bits per heavy atom. The minimum Gasteiger partial charge on any atom is -0.478 e. The first-order chi connectivity index (χ1) is 8.66. The molecule has 1 aromatic heterocycles. The first kappa shape index (κ1) is 12.7. The van der Waals surface area contributed by atoms with E-state index >= 15 is 0 Å². The summed E-state index contributed by atoms with van der Waals surface area (Å²) >= 11 is 1.60. The highest BCUT2D eigenvalue weighted by molar-refractivity contribution is 7.07. The third kappa shape index (κ3) is 3.15. The molecule has 0 fully saturated rings. The third-order valence-corrected chi connectivity index (χ3v) is 3.25. The Bertz CT molecular complexity index is 540. The normalized spacial score (nSPS) is 10.5. The van der Waals surface area contributed by atoms with Gasteiger partial charge >= 0.3 is 5.97 Å².